The molecular formula is C10H12BrNO. The van der Waals surface area contributed by atoms with Gasteiger partial charge in [0.1, 0.15) is 4.60 Å². The molecule has 0 unspecified atom stereocenters. The third-order valence-electron chi connectivity index (χ3n) is 2.08. The van der Waals surface area contributed by atoms with E-state index in [1.165, 1.54) is 18.4 Å². The number of hydrogen-bond donors (Lipinski definition) is 0. The number of ether oxygens (including phenoxy) is 1. The highest BCUT2D eigenvalue weighted by Crippen LogP contribution is 2.29. The van der Waals surface area contributed by atoms with Crippen LogP contribution >= 0.6 is 15.9 Å². The number of nitrogens with zero attached hydrogens (tertiary/aromatic N) is 1. The molecule has 0 atom stereocenters. The highest BCUT2D eigenvalue weighted by Gasteiger charge is 2.22. The summed E-state index contributed by atoms with van der Waals surface area (Å²) in [4.78, 5) is 4.23. The molecule has 0 amide bonds. The second-order valence-electron chi connectivity index (χ2n) is 3.56. The Balaban J connectivity index is 2.01. The molecule has 0 saturated heterocycles. The molecule has 0 radical (unpaired) electrons. The van der Waals surface area contributed by atoms with Gasteiger partial charge in [0.05, 0.1) is 6.61 Å². The van der Waals surface area contributed by atoms with E-state index in [1.807, 2.05) is 19.1 Å². The Morgan fingerprint density at radius 2 is 2.31 bits per heavy atom. The van der Waals surface area contributed by atoms with Crippen LogP contribution in [-0.2, 0) is 0 Å². The van der Waals surface area contributed by atoms with E-state index < -0.39 is 0 Å². The molecule has 0 aromatic carbocycles. The Morgan fingerprint density at radius 1 is 1.54 bits per heavy atom. The molecule has 0 spiro atoms. The van der Waals surface area contributed by atoms with E-state index >= 15 is 0 Å². The van der Waals surface area contributed by atoms with Crippen LogP contribution in [0.1, 0.15) is 18.4 Å². The molecule has 1 aliphatic rings. The molecule has 1 aliphatic carbocycles. The molecular weight excluding hydrogens is 230 g/mol. The van der Waals surface area contributed by atoms with E-state index in [1.54, 1.807) is 0 Å². The van der Waals surface area contributed by atoms with Gasteiger partial charge in [0.25, 0.3) is 0 Å². The van der Waals surface area contributed by atoms with Crippen molar-refractivity contribution in [2.24, 2.45) is 5.92 Å². The molecule has 13 heavy (non-hydrogen) atoms. The lowest BCUT2D eigenvalue weighted by atomic mass is 10.3. The van der Waals surface area contributed by atoms with Gasteiger partial charge in [0, 0.05) is 6.07 Å². The molecule has 70 valence electrons. The first-order valence-electron chi connectivity index (χ1n) is 4.51. The summed E-state index contributed by atoms with van der Waals surface area (Å²) in [6.07, 6.45) is 2.62. The molecule has 1 fully saturated rings. The first kappa shape index (κ1) is 9.00. The van der Waals surface area contributed by atoms with Crippen molar-refractivity contribution in [3.63, 3.8) is 0 Å². The van der Waals surface area contributed by atoms with Gasteiger partial charge in [-0.2, -0.15) is 0 Å². The van der Waals surface area contributed by atoms with Gasteiger partial charge in [0.15, 0.2) is 0 Å². The molecule has 1 heterocycles. The molecule has 0 aliphatic heterocycles. The Kier molecular flexibility index (Phi) is 2.54. The molecule has 1 aromatic rings. The van der Waals surface area contributed by atoms with Crippen LogP contribution in [0.5, 0.6) is 5.88 Å². The lowest BCUT2D eigenvalue weighted by Gasteiger charge is -2.04. The number of aromatic nitrogens is 1. The van der Waals surface area contributed by atoms with Crippen LogP contribution in [0.2, 0.25) is 0 Å². The Hall–Kier alpha value is -0.570. The van der Waals surface area contributed by atoms with Crippen LogP contribution in [-0.4, -0.2) is 11.6 Å². The number of halogens is 1. The fraction of sp³-hybridized carbons (Fsp3) is 0.500. The summed E-state index contributed by atoms with van der Waals surface area (Å²) in [6, 6.07) is 3.94. The molecule has 0 bridgehead atoms. The molecule has 2 nitrogen and oxygen atoms in total. The summed E-state index contributed by atoms with van der Waals surface area (Å²) >= 11 is 3.34. The maximum atomic E-state index is 5.55. The molecule has 3 heteroatoms. The zero-order chi connectivity index (χ0) is 9.26. The maximum absolute atomic E-state index is 5.55. The van der Waals surface area contributed by atoms with Crippen LogP contribution in [0.25, 0.3) is 0 Å². The monoisotopic (exact) mass is 241 g/mol. The van der Waals surface area contributed by atoms with Gasteiger partial charge in [0.2, 0.25) is 5.88 Å². The van der Waals surface area contributed by atoms with E-state index in [2.05, 4.69) is 20.9 Å². The average Bonchev–Trinajstić information content (AvgIpc) is 2.81. The van der Waals surface area contributed by atoms with Crippen LogP contribution in [0, 0.1) is 12.8 Å². The van der Waals surface area contributed by atoms with Gasteiger partial charge in [-0.25, -0.2) is 4.98 Å². The zero-order valence-electron chi connectivity index (χ0n) is 7.59. The number of aryl methyl sites for hydroxylation is 1. The zero-order valence-corrected chi connectivity index (χ0v) is 9.17. The highest BCUT2D eigenvalue weighted by atomic mass is 79.9. The highest BCUT2D eigenvalue weighted by molar-refractivity contribution is 9.10. The van der Waals surface area contributed by atoms with Gasteiger partial charge in [-0.3, -0.25) is 0 Å². The van der Waals surface area contributed by atoms with Crippen molar-refractivity contribution in [2.45, 2.75) is 19.8 Å². The maximum Gasteiger partial charge on any atom is 0.214 e. The summed E-state index contributed by atoms with van der Waals surface area (Å²) in [7, 11) is 0. The lowest BCUT2D eigenvalue weighted by Crippen LogP contribution is -2.00. The third kappa shape index (κ3) is 2.69. The summed E-state index contributed by atoms with van der Waals surface area (Å²) in [5, 5.41) is 0. The Morgan fingerprint density at radius 3 is 2.92 bits per heavy atom. The van der Waals surface area contributed by atoms with Crippen LogP contribution < -0.4 is 4.74 Å². The Labute approximate surface area is 86.5 Å². The lowest BCUT2D eigenvalue weighted by molar-refractivity contribution is 0.288. The predicted octanol–water partition coefficient (Wildman–Crippen LogP) is 2.94. The van der Waals surface area contributed by atoms with E-state index in [-0.39, 0.29) is 0 Å². The van der Waals surface area contributed by atoms with Crippen molar-refractivity contribution in [2.75, 3.05) is 6.61 Å². The molecule has 0 N–H and O–H groups in total. The minimum atomic E-state index is 0.735. The first-order valence-corrected chi connectivity index (χ1v) is 5.30. The quantitative estimate of drug-likeness (QED) is 0.760. The van der Waals surface area contributed by atoms with E-state index in [0.717, 1.165) is 23.0 Å². The van der Waals surface area contributed by atoms with Gasteiger partial charge >= 0.3 is 0 Å². The minimum absolute atomic E-state index is 0.735. The number of hydrogen-bond acceptors (Lipinski definition) is 2. The van der Waals surface area contributed by atoms with Crippen LogP contribution in [0.15, 0.2) is 16.7 Å². The minimum Gasteiger partial charge on any atom is -0.477 e. The van der Waals surface area contributed by atoms with Crippen LogP contribution in [0.3, 0.4) is 0 Å². The predicted molar refractivity (Wildman–Crippen MR) is 54.9 cm³/mol. The molecule has 1 aromatic heterocycles. The van der Waals surface area contributed by atoms with Gasteiger partial charge in [-0.15, -0.1) is 0 Å². The molecule has 1 saturated carbocycles. The summed E-state index contributed by atoms with van der Waals surface area (Å²) in [5.41, 5.74) is 1.17. The fourth-order valence-corrected chi connectivity index (χ4v) is 1.69. The summed E-state index contributed by atoms with van der Waals surface area (Å²) in [6.45, 7) is 2.86. The van der Waals surface area contributed by atoms with Crippen molar-refractivity contribution in [1.29, 1.82) is 0 Å². The van der Waals surface area contributed by atoms with Crippen molar-refractivity contribution in [3.05, 3.63) is 22.3 Å². The molecule has 2 rings (SSSR count). The van der Waals surface area contributed by atoms with Gasteiger partial charge < -0.3 is 4.74 Å². The first-order chi connectivity index (χ1) is 6.24. The smallest absolute Gasteiger partial charge is 0.214 e. The van der Waals surface area contributed by atoms with Gasteiger partial charge in [-0.1, -0.05) is 0 Å². The van der Waals surface area contributed by atoms with Gasteiger partial charge in [-0.05, 0) is 53.2 Å². The van der Waals surface area contributed by atoms with E-state index in [0.29, 0.717) is 0 Å². The topological polar surface area (TPSA) is 22.1 Å². The SMILES string of the molecule is Cc1cc(Br)nc(OCC2CC2)c1. The van der Waals surface area contributed by atoms with Crippen molar-refractivity contribution in [1.82, 2.24) is 4.98 Å². The Bertz CT molecular complexity index is 290. The van der Waals surface area contributed by atoms with E-state index in [4.69, 9.17) is 4.74 Å². The largest absolute Gasteiger partial charge is 0.477 e. The number of rotatable bonds is 3. The summed E-state index contributed by atoms with van der Waals surface area (Å²) in [5.74, 6) is 1.51. The van der Waals surface area contributed by atoms with Crippen molar-refractivity contribution >= 4 is 15.9 Å². The van der Waals surface area contributed by atoms with Crippen molar-refractivity contribution in [3.8, 4) is 5.88 Å². The van der Waals surface area contributed by atoms with Crippen molar-refractivity contribution < 1.29 is 4.74 Å². The standard InChI is InChI=1S/C10H12BrNO/c1-7-4-9(11)12-10(5-7)13-6-8-2-3-8/h4-5,8H,2-3,6H2,1H3. The van der Waals surface area contributed by atoms with Crippen LogP contribution in [0.4, 0.5) is 0 Å². The number of pyridine rings is 1. The fourth-order valence-electron chi connectivity index (χ4n) is 1.16. The second kappa shape index (κ2) is 3.66. The second-order valence-corrected chi connectivity index (χ2v) is 4.37. The van der Waals surface area contributed by atoms with E-state index in [9.17, 15) is 0 Å². The third-order valence-corrected chi connectivity index (χ3v) is 2.49. The summed E-state index contributed by atoms with van der Waals surface area (Å²) < 4.78 is 6.40. The normalized spacial score (nSPS) is 15.8. The average molecular weight is 242 g/mol.